The van der Waals surface area contributed by atoms with Crippen LogP contribution in [0.25, 0.3) is 11.0 Å². The molecule has 2 N–H and O–H groups in total. The van der Waals surface area contributed by atoms with Crippen LogP contribution in [0.5, 0.6) is 0 Å². The number of fused-ring (bicyclic) bond motifs is 1. The molecule has 2 aromatic rings. The van der Waals surface area contributed by atoms with Crippen molar-refractivity contribution < 1.29 is 8.63 Å². The normalized spacial score (nSPS) is 22.3. The summed E-state index contributed by atoms with van der Waals surface area (Å²) in [7, 11) is 1.09. The number of hydrogen-bond donors (Lipinski definition) is 2. The number of furan rings is 1. The van der Waals surface area contributed by atoms with E-state index >= 15 is 0 Å². The monoisotopic (exact) mass is 375 g/mol. The predicted octanol–water partition coefficient (Wildman–Crippen LogP) is 3.22. The maximum absolute atomic E-state index is 12.1. The molecule has 5 nitrogen and oxygen atoms in total. The summed E-state index contributed by atoms with van der Waals surface area (Å²) in [5.74, 6) is 2.54. The first-order chi connectivity index (χ1) is 12.7. The molecule has 1 saturated carbocycles. The van der Waals surface area contributed by atoms with Crippen LogP contribution >= 0.6 is 0 Å². The van der Waals surface area contributed by atoms with E-state index in [1.807, 2.05) is 25.1 Å². The van der Waals surface area contributed by atoms with Gasteiger partial charge in [-0.1, -0.05) is 31.5 Å². The molecule has 3 unspecified atom stereocenters. The van der Waals surface area contributed by atoms with Crippen LogP contribution in [0.4, 0.5) is 0 Å². The topological polar surface area (TPSA) is 66.6 Å². The molecule has 26 heavy (non-hydrogen) atoms. The van der Waals surface area contributed by atoms with E-state index < -0.39 is 10.8 Å². The highest BCUT2D eigenvalue weighted by atomic mass is 32.2. The van der Waals surface area contributed by atoms with Gasteiger partial charge in [0.15, 0.2) is 5.96 Å². The summed E-state index contributed by atoms with van der Waals surface area (Å²) in [4.78, 5) is 4.33. The third-order valence-electron chi connectivity index (χ3n) is 4.99. The van der Waals surface area contributed by atoms with E-state index in [0.29, 0.717) is 11.3 Å². The fourth-order valence-corrected chi connectivity index (χ4v) is 4.95. The van der Waals surface area contributed by atoms with E-state index in [-0.39, 0.29) is 0 Å². The molecule has 3 rings (SSSR count). The molecule has 0 saturated heterocycles. The van der Waals surface area contributed by atoms with Crippen molar-refractivity contribution in [2.24, 2.45) is 4.99 Å². The highest BCUT2D eigenvalue weighted by molar-refractivity contribution is 7.85. The van der Waals surface area contributed by atoms with Crippen molar-refractivity contribution in [2.75, 3.05) is 19.3 Å². The van der Waals surface area contributed by atoms with Crippen molar-refractivity contribution >= 4 is 27.7 Å². The fourth-order valence-electron chi connectivity index (χ4n) is 3.60. The van der Waals surface area contributed by atoms with Gasteiger partial charge in [-0.25, -0.2) is 0 Å². The van der Waals surface area contributed by atoms with E-state index in [2.05, 4.69) is 27.8 Å². The zero-order chi connectivity index (χ0) is 18.4. The van der Waals surface area contributed by atoms with Crippen molar-refractivity contribution in [1.82, 2.24) is 10.6 Å². The second kappa shape index (κ2) is 9.21. The van der Waals surface area contributed by atoms with Crippen LogP contribution < -0.4 is 10.6 Å². The van der Waals surface area contributed by atoms with Gasteiger partial charge in [0.1, 0.15) is 11.3 Å². The van der Waals surface area contributed by atoms with Crippen molar-refractivity contribution in [3.63, 3.8) is 0 Å². The van der Waals surface area contributed by atoms with Crippen LogP contribution in [0.3, 0.4) is 0 Å². The molecule has 1 aromatic carbocycles. The quantitative estimate of drug-likeness (QED) is 0.601. The van der Waals surface area contributed by atoms with Gasteiger partial charge in [0.05, 0.1) is 0 Å². The van der Waals surface area contributed by atoms with Gasteiger partial charge >= 0.3 is 0 Å². The Kier molecular flexibility index (Phi) is 6.72. The Hall–Kier alpha value is -1.82. The summed E-state index contributed by atoms with van der Waals surface area (Å²) in [6, 6.07) is 10.5. The second-order valence-corrected chi connectivity index (χ2v) is 8.80. The van der Waals surface area contributed by atoms with E-state index in [1.165, 1.54) is 0 Å². The Morgan fingerprint density at radius 3 is 2.96 bits per heavy atom. The fraction of sp³-hybridized carbons (Fsp3) is 0.550. The maximum Gasteiger partial charge on any atom is 0.191 e. The lowest BCUT2D eigenvalue weighted by Gasteiger charge is -2.30. The average Bonchev–Trinajstić information content (AvgIpc) is 3.09. The lowest BCUT2D eigenvalue weighted by molar-refractivity contribution is 0.413. The molecule has 1 aliphatic carbocycles. The molecule has 1 heterocycles. The van der Waals surface area contributed by atoms with E-state index in [9.17, 15) is 4.21 Å². The number of aliphatic imine (C=N–C) groups is 1. The summed E-state index contributed by atoms with van der Waals surface area (Å²) >= 11 is 0. The van der Waals surface area contributed by atoms with Crippen molar-refractivity contribution in [2.45, 2.75) is 50.3 Å². The van der Waals surface area contributed by atoms with E-state index in [1.54, 1.807) is 7.05 Å². The van der Waals surface area contributed by atoms with Gasteiger partial charge in [0.25, 0.3) is 0 Å². The Morgan fingerprint density at radius 1 is 1.35 bits per heavy atom. The summed E-state index contributed by atoms with van der Waals surface area (Å²) in [5.41, 5.74) is 0.933. The second-order valence-electron chi connectivity index (χ2n) is 6.80. The molecule has 3 atom stereocenters. The Balaban J connectivity index is 1.48. The van der Waals surface area contributed by atoms with Gasteiger partial charge in [0.2, 0.25) is 0 Å². The van der Waals surface area contributed by atoms with Crippen LogP contribution in [-0.4, -0.2) is 40.8 Å². The lowest BCUT2D eigenvalue weighted by Crippen LogP contribution is -2.47. The number of guanidine groups is 1. The number of nitrogens with zero attached hydrogens (tertiary/aromatic N) is 1. The van der Waals surface area contributed by atoms with E-state index in [0.717, 1.165) is 67.1 Å². The number of para-hydroxylation sites is 1. The standard InChI is InChI=1S/C20H29N3O2S/c1-3-26(24)18-9-6-8-16(14-18)23-20(21-2)22-12-11-17-13-15-7-4-5-10-19(15)25-17/h4-5,7,10,13,16,18H,3,6,8-9,11-12,14H2,1-2H3,(H2,21,22,23). The average molecular weight is 376 g/mol. The Bertz CT molecular complexity index is 738. The van der Waals surface area contributed by atoms with Crippen molar-refractivity contribution in [3.8, 4) is 0 Å². The number of nitrogens with one attached hydrogen (secondary N) is 2. The first-order valence-corrected chi connectivity index (χ1v) is 10.9. The summed E-state index contributed by atoms with van der Waals surface area (Å²) in [6.45, 7) is 2.77. The number of benzene rings is 1. The summed E-state index contributed by atoms with van der Waals surface area (Å²) < 4.78 is 17.9. The smallest absolute Gasteiger partial charge is 0.191 e. The SMILES string of the molecule is CCS(=O)C1CCCC(NC(=NC)NCCc2cc3ccccc3o2)C1. The van der Waals surface area contributed by atoms with Gasteiger partial charge in [-0.2, -0.15) is 0 Å². The molecular weight excluding hydrogens is 346 g/mol. The first-order valence-electron chi connectivity index (χ1n) is 9.51. The lowest BCUT2D eigenvalue weighted by atomic mass is 9.95. The van der Waals surface area contributed by atoms with Gasteiger partial charge in [-0.15, -0.1) is 0 Å². The zero-order valence-corrected chi connectivity index (χ0v) is 16.5. The molecule has 1 fully saturated rings. The van der Waals surface area contributed by atoms with Crippen LogP contribution in [0.2, 0.25) is 0 Å². The van der Waals surface area contributed by atoms with Crippen molar-refractivity contribution in [1.29, 1.82) is 0 Å². The molecule has 142 valence electrons. The Morgan fingerprint density at radius 2 is 2.19 bits per heavy atom. The molecule has 1 aromatic heterocycles. The molecule has 0 radical (unpaired) electrons. The number of rotatable bonds is 6. The van der Waals surface area contributed by atoms with Gasteiger partial charge < -0.3 is 15.1 Å². The van der Waals surface area contributed by atoms with Crippen LogP contribution in [0, 0.1) is 0 Å². The van der Waals surface area contributed by atoms with Crippen LogP contribution in [0.1, 0.15) is 38.4 Å². The van der Waals surface area contributed by atoms with Gasteiger partial charge in [-0.3, -0.25) is 9.20 Å². The zero-order valence-electron chi connectivity index (χ0n) is 15.7. The molecular formula is C20H29N3O2S. The molecule has 0 spiro atoms. The number of hydrogen-bond acceptors (Lipinski definition) is 3. The molecule has 1 aliphatic rings. The molecule has 0 aliphatic heterocycles. The summed E-state index contributed by atoms with van der Waals surface area (Å²) in [5, 5.41) is 8.33. The highest BCUT2D eigenvalue weighted by Gasteiger charge is 2.25. The highest BCUT2D eigenvalue weighted by Crippen LogP contribution is 2.23. The van der Waals surface area contributed by atoms with Crippen LogP contribution in [0.15, 0.2) is 39.7 Å². The minimum Gasteiger partial charge on any atom is -0.461 e. The van der Waals surface area contributed by atoms with Gasteiger partial charge in [0, 0.05) is 53.2 Å². The van der Waals surface area contributed by atoms with Gasteiger partial charge in [-0.05, 0) is 31.4 Å². The van der Waals surface area contributed by atoms with Crippen molar-refractivity contribution in [3.05, 3.63) is 36.1 Å². The molecule has 0 amide bonds. The van der Waals surface area contributed by atoms with E-state index in [4.69, 9.17) is 4.42 Å². The molecule has 0 bridgehead atoms. The largest absolute Gasteiger partial charge is 0.461 e. The predicted molar refractivity (Wildman–Crippen MR) is 109 cm³/mol. The minimum absolute atomic E-state index is 0.319. The summed E-state index contributed by atoms with van der Waals surface area (Å²) in [6.07, 6.45) is 5.09. The Labute approximate surface area is 158 Å². The third-order valence-corrected chi connectivity index (χ3v) is 6.73. The molecule has 6 heteroatoms. The third kappa shape index (κ3) is 4.87. The first kappa shape index (κ1) is 19.0. The maximum atomic E-state index is 12.1. The minimum atomic E-state index is -0.702. The van der Waals surface area contributed by atoms with Crippen LogP contribution in [-0.2, 0) is 17.2 Å².